The zero-order chi connectivity index (χ0) is 19.5. The van der Waals surface area contributed by atoms with Crippen LogP contribution in [0, 0.1) is 10.1 Å². The van der Waals surface area contributed by atoms with E-state index in [0.29, 0.717) is 25.7 Å². The van der Waals surface area contributed by atoms with Crippen molar-refractivity contribution in [3.8, 4) is 0 Å². The highest BCUT2D eigenvalue weighted by Crippen LogP contribution is 2.11. The van der Waals surface area contributed by atoms with Gasteiger partial charge in [-0.2, -0.15) is 0 Å². The van der Waals surface area contributed by atoms with E-state index < -0.39 is 5.97 Å². The highest BCUT2D eigenvalue weighted by atomic mass is 16.6. The molecule has 0 rings (SSSR count). The van der Waals surface area contributed by atoms with Gasteiger partial charge in [-0.25, -0.2) is 0 Å². The Kier molecular flexibility index (Phi) is 16.2. The van der Waals surface area contributed by atoms with Crippen LogP contribution in [0.4, 0.5) is 0 Å². The second-order valence-corrected chi connectivity index (χ2v) is 6.17. The van der Waals surface area contributed by atoms with E-state index in [9.17, 15) is 14.9 Å². The second-order valence-electron chi connectivity index (χ2n) is 6.17. The molecule has 0 unspecified atom stereocenters. The average molecular weight is 363 g/mol. The van der Waals surface area contributed by atoms with Crippen molar-refractivity contribution in [2.45, 2.75) is 77.6 Å². The summed E-state index contributed by atoms with van der Waals surface area (Å²) >= 11 is 0. The SMILES string of the molecule is CCCCC/C=C\C/C=C\C/C=C\C/C=C(/CCCCC(=O)O)[N+](=O)[O-]. The van der Waals surface area contributed by atoms with Crippen molar-refractivity contribution >= 4 is 5.97 Å². The maximum Gasteiger partial charge on any atom is 0.303 e. The number of nitro groups is 1. The van der Waals surface area contributed by atoms with Crippen molar-refractivity contribution in [1.29, 1.82) is 0 Å². The Morgan fingerprint density at radius 1 is 0.885 bits per heavy atom. The zero-order valence-corrected chi connectivity index (χ0v) is 15.9. The predicted octanol–water partition coefficient (Wildman–Crippen LogP) is 6.21. The summed E-state index contributed by atoms with van der Waals surface area (Å²) < 4.78 is 0. The third kappa shape index (κ3) is 16.7. The van der Waals surface area contributed by atoms with Crippen LogP contribution in [-0.2, 0) is 4.79 Å². The van der Waals surface area contributed by atoms with Crippen molar-refractivity contribution < 1.29 is 14.8 Å². The Hall–Kier alpha value is -2.17. The van der Waals surface area contributed by atoms with Crippen molar-refractivity contribution in [3.05, 3.63) is 58.3 Å². The molecule has 146 valence electrons. The fourth-order valence-electron chi connectivity index (χ4n) is 2.32. The van der Waals surface area contributed by atoms with E-state index in [1.807, 2.05) is 12.2 Å². The van der Waals surface area contributed by atoms with Gasteiger partial charge in [-0.1, -0.05) is 56.2 Å². The van der Waals surface area contributed by atoms with Gasteiger partial charge in [-0.15, -0.1) is 0 Å². The molecule has 0 saturated heterocycles. The molecule has 0 aliphatic carbocycles. The summed E-state index contributed by atoms with van der Waals surface area (Å²) in [6.07, 6.45) is 22.8. The lowest BCUT2D eigenvalue weighted by Gasteiger charge is -1.98. The molecule has 0 aliphatic rings. The topological polar surface area (TPSA) is 80.4 Å². The molecule has 5 nitrogen and oxygen atoms in total. The summed E-state index contributed by atoms with van der Waals surface area (Å²) in [7, 11) is 0. The van der Waals surface area contributed by atoms with Gasteiger partial charge in [0.2, 0.25) is 5.70 Å². The minimum atomic E-state index is -0.861. The van der Waals surface area contributed by atoms with Crippen LogP contribution in [0.15, 0.2) is 48.2 Å². The van der Waals surface area contributed by atoms with Crippen molar-refractivity contribution in [1.82, 2.24) is 0 Å². The minimum Gasteiger partial charge on any atom is -0.481 e. The Morgan fingerprint density at radius 3 is 2.04 bits per heavy atom. The molecule has 0 fully saturated rings. The van der Waals surface area contributed by atoms with E-state index in [-0.39, 0.29) is 17.0 Å². The smallest absolute Gasteiger partial charge is 0.303 e. The molecule has 0 aromatic heterocycles. The van der Waals surface area contributed by atoms with Gasteiger partial charge in [0.05, 0.1) is 4.92 Å². The Balaban J connectivity index is 3.91. The molecule has 0 radical (unpaired) electrons. The molecule has 1 N–H and O–H groups in total. The van der Waals surface area contributed by atoms with E-state index in [1.165, 1.54) is 19.3 Å². The average Bonchev–Trinajstić information content (AvgIpc) is 2.60. The number of rotatable bonds is 16. The van der Waals surface area contributed by atoms with Crippen molar-refractivity contribution in [2.24, 2.45) is 0 Å². The number of hydrogen-bond donors (Lipinski definition) is 1. The van der Waals surface area contributed by atoms with E-state index in [4.69, 9.17) is 5.11 Å². The van der Waals surface area contributed by atoms with Crippen LogP contribution >= 0.6 is 0 Å². The second kappa shape index (κ2) is 17.6. The molecule has 0 aromatic rings. The molecular weight excluding hydrogens is 330 g/mol. The van der Waals surface area contributed by atoms with Gasteiger partial charge in [-0.05, 0) is 51.0 Å². The lowest BCUT2D eigenvalue weighted by Crippen LogP contribution is -2.00. The Morgan fingerprint density at radius 2 is 1.46 bits per heavy atom. The zero-order valence-electron chi connectivity index (χ0n) is 15.9. The van der Waals surface area contributed by atoms with E-state index in [1.54, 1.807) is 6.08 Å². The fourth-order valence-corrected chi connectivity index (χ4v) is 2.32. The number of hydrogen-bond acceptors (Lipinski definition) is 3. The van der Waals surface area contributed by atoms with Crippen LogP contribution in [0.2, 0.25) is 0 Å². The third-order valence-electron chi connectivity index (χ3n) is 3.82. The molecule has 26 heavy (non-hydrogen) atoms. The quantitative estimate of drug-likeness (QED) is 0.153. The van der Waals surface area contributed by atoms with E-state index in [0.717, 1.165) is 19.3 Å². The number of carboxylic acids is 1. The summed E-state index contributed by atoms with van der Waals surface area (Å²) in [5, 5.41) is 19.5. The maximum atomic E-state index is 11.0. The van der Waals surface area contributed by atoms with Gasteiger partial charge in [0, 0.05) is 12.8 Å². The molecule has 0 heterocycles. The highest BCUT2D eigenvalue weighted by Gasteiger charge is 2.09. The molecule has 0 aliphatic heterocycles. The van der Waals surface area contributed by atoms with Gasteiger partial charge < -0.3 is 5.11 Å². The molecular formula is C21H33NO4. The van der Waals surface area contributed by atoms with Crippen LogP contribution in [0.25, 0.3) is 0 Å². The van der Waals surface area contributed by atoms with Gasteiger partial charge in [0.15, 0.2) is 0 Å². The normalized spacial score (nSPS) is 12.6. The lowest BCUT2D eigenvalue weighted by atomic mass is 10.1. The summed E-state index contributed by atoms with van der Waals surface area (Å²) in [4.78, 5) is 21.0. The molecule has 0 aromatic carbocycles. The molecule has 0 spiro atoms. The van der Waals surface area contributed by atoms with E-state index >= 15 is 0 Å². The molecule has 0 bridgehead atoms. The minimum absolute atomic E-state index is 0.0607. The summed E-state index contributed by atoms with van der Waals surface area (Å²) in [5.74, 6) is -0.861. The molecule has 0 saturated carbocycles. The standard InChI is InChI=1S/C21H33NO4/c1-2-3-4-5-6-7-8-9-10-11-12-13-14-17-20(22(25)26)18-15-16-19-21(23)24/h6-7,9-10,12-13,17H,2-5,8,11,14-16,18-19H2,1H3,(H,23,24)/b7-6-,10-9-,13-12-,20-17-. The monoisotopic (exact) mass is 363 g/mol. The fraction of sp³-hybridized carbons (Fsp3) is 0.571. The largest absolute Gasteiger partial charge is 0.481 e. The lowest BCUT2D eigenvalue weighted by molar-refractivity contribution is -0.428. The number of carboxylic acid groups (broad SMARTS) is 1. The van der Waals surface area contributed by atoms with Gasteiger partial charge in [0.1, 0.15) is 0 Å². The van der Waals surface area contributed by atoms with Crippen molar-refractivity contribution in [3.63, 3.8) is 0 Å². The number of allylic oxidation sites excluding steroid dienone is 8. The first-order valence-electron chi connectivity index (χ1n) is 9.58. The first kappa shape index (κ1) is 23.8. The highest BCUT2D eigenvalue weighted by molar-refractivity contribution is 5.66. The number of unbranched alkanes of at least 4 members (excludes halogenated alkanes) is 4. The van der Waals surface area contributed by atoms with E-state index in [2.05, 4.69) is 31.2 Å². The van der Waals surface area contributed by atoms with Crippen LogP contribution in [0.5, 0.6) is 0 Å². The number of aliphatic carboxylic acids is 1. The predicted molar refractivity (Wildman–Crippen MR) is 107 cm³/mol. The maximum absolute atomic E-state index is 11.0. The van der Waals surface area contributed by atoms with Gasteiger partial charge in [-0.3, -0.25) is 14.9 Å². The van der Waals surface area contributed by atoms with Crippen LogP contribution < -0.4 is 0 Å². The summed E-state index contributed by atoms with van der Waals surface area (Å²) in [5.41, 5.74) is 0.170. The third-order valence-corrected chi connectivity index (χ3v) is 3.82. The first-order chi connectivity index (χ1) is 12.6. The number of carbonyl (C=O) groups is 1. The number of nitrogens with zero attached hydrogens (tertiary/aromatic N) is 1. The molecule has 5 heteroatoms. The summed E-state index contributed by atoms with van der Waals surface area (Å²) in [6, 6.07) is 0. The summed E-state index contributed by atoms with van der Waals surface area (Å²) in [6.45, 7) is 2.20. The van der Waals surface area contributed by atoms with Crippen molar-refractivity contribution in [2.75, 3.05) is 0 Å². The Labute approximate surface area is 157 Å². The molecule has 0 atom stereocenters. The van der Waals surface area contributed by atoms with Crippen LogP contribution in [0.1, 0.15) is 77.6 Å². The first-order valence-corrected chi connectivity index (χ1v) is 9.58. The molecule has 0 amide bonds. The van der Waals surface area contributed by atoms with Gasteiger partial charge in [0.25, 0.3) is 0 Å². The van der Waals surface area contributed by atoms with Crippen LogP contribution in [0.3, 0.4) is 0 Å². The van der Waals surface area contributed by atoms with Gasteiger partial charge >= 0.3 is 5.97 Å². The van der Waals surface area contributed by atoms with Crippen LogP contribution in [-0.4, -0.2) is 16.0 Å². The Bertz CT molecular complexity index is 504.